The average Bonchev–Trinajstić information content (AvgIpc) is 2.76. The summed E-state index contributed by atoms with van der Waals surface area (Å²) in [6.07, 6.45) is 1.61. The van der Waals surface area contributed by atoms with Gasteiger partial charge in [-0.15, -0.1) is 0 Å². The zero-order valence-corrected chi connectivity index (χ0v) is 15.6. The second kappa shape index (κ2) is 7.63. The van der Waals surface area contributed by atoms with Crippen LogP contribution in [0, 0.1) is 5.82 Å². The van der Waals surface area contributed by atoms with Gasteiger partial charge in [0.15, 0.2) is 5.65 Å². The average molecular weight is 388 g/mol. The molecular weight excluding hydrogens is 371 g/mol. The van der Waals surface area contributed by atoms with Gasteiger partial charge >= 0.3 is 0 Å². The quantitative estimate of drug-likeness (QED) is 0.583. The highest BCUT2D eigenvalue weighted by atomic mass is 19.1. The molecule has 29 heavy (non-hydrogen) atoms. The smallest absolute Gasteiger partial charge is 0.278 e. The Labute approximate surface area is 165 Å². The molecule has 6 nitrogen and oxygen atoms in total. The minimum Gasteiger partial charge on any atom is -0.348 e. The monoisotopic (exact) mass is 388 g/mol. The Hall–Kier alpha value is -3.87. The van der Waals surface area contributed by atoms with Crippen LogP contribution in [0.2, 0.25) is 0 Å². The molecule has 4 rings (SSSR count). The normalized spacial score (nSPS) is 10.8. The fraction of sp³-hybridized carbons (Fsp3) is 0.0909. The fourth-order valence-corrected chi connectivity index (χ4v) is 3.01. The van der Waals surface area contributed by atoms with Crippen molar-refractivity contribution < 1.29 is 9.18 Å². The van der Waals surface area contributed by atoms with E-state index in [0.717, 1.165) is 5.56 Å². The van der Waals surface area contributed by atoms with E-state index in [1.807, 2.05) is 0 Å². The molecule has 2 aromatic heterocycles. The molecule has 7 heteroatoms. The largest absolute Gasteiger partial charge is 0.348 e. The van der Waals surface area contributed by atoms with Gasteiger partial charge in [0.25, 0.3) is 11.5 Å². The van der Waals surface area contributed by atoms with Gasteiger partial charge in [-0.1, -0.05) is 24.3 Å². The Balaban J connectivity index is 1.55. The summed E-state index contributed by atoms with van der Waals surface area (Å²) in [7, 11) is 1.65. The van der Waals surface area contributed by atoms with Crippen molar-refractivity contribution in [1.29, 1.82) is 0 Å². The molecule has 144 valence electrons. The van der Waals surface area contributed by atoms with Crippen molar-refractivity contribution in [1.82, 2.24) is 19.9 Å². The predicted molar refractivity (Wildman–Crippen MR) is 108 cm³/mol. The summed E-state index contributed by atoms with van der Waals surface area (Å²) >= 11 is 0. The van der Waals surface area contributed by atoms with Gasteiger partial charge < -0.3 is 5.32 Å². The molecule has 0 radical (unpaired) electrons. The fourth-order valence-electron chi connectivity index (χ4n) is 3.01. The van der Waals surface area contributed by atoms with Crippen molar-refractivity contribution >= 4 is 17.1 Å². The Morgan fingerprint density at radius 1 is 1.07 bits per heavy atom. The van der Waals surface area contributed by atoms with E-state index in [4.69, 9.17) is 0 Å². The summed E-state index contributed by atoms with van der Waals surface area (Å²) in [6, 6.07) is 16.2. The molecule has 2 aromatic carbocycles. The number of nitrogens with zero attached hydrogens (tertiary/aromatic N) is 3. The van der Waals surface area contributed by atoms with E-state index in [2.05, 4.69) is 15.3 Å². The number of rotatable bonds is 4. The lowest BCUT2D eigenvalue weighted by Crippen LogP contribution is -2.23. The minimum absolute atomic E-state index is 0.260. The molecule has 1 N–H and O–H groups in total. The highest BCUT2D eigenvalue weighted by Crippen LogP contribution is 2.17. The van der Waals surface area contributed by atoms with Gasteiger partial charge in [0.2, 0.25) is 0 Å². The maximum absolute atomic E-state index is 12.9. The van der Waals surface area contributed by atoms with Crippen LogP contribution in [0.4, 0.5) is 4.39 Å². The molecule has 0 fully saturated rings. The summed E-state index contributed by atoms with van der Waals surface area (Å²) in [5, 5.41) is 2.79. The maximum atomic E-state index is 12.9. The standard InChI is InChI=1S/C22H17FN4O2/c1-27-20-18(3-2-12-24-20)26-19(22(27)29)15-6-8-16(9-7-15)21(28)25-13-14-4-10-17(23)11-5-14/h2-12H,13H2,1H3,(H,25,28). The molecule has 2 heterocycles. The van der Waals surface area contributed by atoms with E-state index in [1.165, 1.54) is 16.7 Å². The van der Waals surface area contributed by atoms with Crippen molar-refractivity contribution in [3.63, 3.8) is 0 Å². The number of benzene rings is 2. The van der Waals surface area contributed by atoms with E-state index in [-0.39, 0.29) is 17.3 Å². The van der Waals surface area contributed by atoms with E-state index in [0.29, 0.717) is 34.5 Å². The third-order valence-corrected chi connectivity index (χ3v) is 4.61. The number of carbonyl (C=O) groups is 1. The zero-order valence-electron chi connectivity index (χ0n) is 15.6. The summed E-state index contributed by atoms with van der Waals surface area (Å²) in [5.74, 6) is -0.579. The number of carbonyl (C=O) groups excluding carboxylic acids is 1. The Morgan fingerprint density at radius 2 is 1.79 bits per heavy atom. The molecule has 0 saturated carbocycles. The first-order valence-corrected chi connectivity index (χ1v) is 8.98. The third-order valence-electron chi connectivity index (χ3n) is 4.61. The van der Waals surface area contributed by atoms with Gasteiger partial charge in [0.05, 0.1) is 0 Å². The van der Waals surface area contributed by atoms with Gasteiger partial charge in [-0.2, -0.15) is 0 Å². The topological polar surface area (TPSA) is 76.9 Å². The number of aromatic nitrogens is 3. The first-order chi connectivity index (χ1) is 14.0. The van der Waals surface area contributed by atoms with Crippen molar-refractivity contribution in [2.24, 2.45) is 7.05 Å². The molecule has 0 aliphatic rings. The highest BCUT2D eigenvalue weighted by molar-refractivity contribution is 5.94. The van der Waals surface area contributed by atoms with Crippen LogP contribution in [0.25, 0.3) is 22.4 Å². The molecule has 1 amide bonds. The van der Waals surface area contributed by atoms with E-state index in [1.54, 1.807) is 61.8 Å². The lowest BCUT2D eigenvalue weighted by Gasteiger charge is -2.08. The van der Waals surface area contributed by atoms with E-state index >= 15 is 0 Å². The van der Waals surface area contributed by atoms with E-state index < -0.39 is 0 Å². The van der Waals surface area contributed by atoms with Crippen molar-refractivity contribution in [3.05, 3.63) is 94.2 Å². The van der Waals surface area contributed by atoms with Gasteiger partial charge in [0.1, 0.15) is 17.0 Å². The predicted octanol–water partition coefficient (Wildman–Crippen LogP) is 3.06. The number of halogens is 1. The Bertz CT molecular complexity index is 1250. The Morgan fingerprint density at radius 3 is 2.52 bits per heavy atom. The number of aryl methyl sites for hydroxylation is 1. The first-order valence-electron chi connectivity index (χ1n) is 8.98. The van der Waals surface area contributed by atoms with Gasteiger partial charge in [-0.25, -0.2) is 14.4 Å². The Kier molecular flexibility index (Phi) is 4.87. The van der Waals surface area contributed by atoms with Crippen LogP contribution in [-0.2, 0) is 13.6 Å². The van der Waals surface area contributed by atoms with Crippen LogP contribution >= 0.6 is 0 Å². The van der Waals surface area contributed by atoms with Crippen LogP contribution < -0.4 is 10.9 Å². The molecule has 0 aliphatic carbocycles. The van der Waals surface area contributed by atoms with Crippen LogP contribution in [0.5, 0.6) is 0 Å². The molecule has 0 saturated heterocycles. The summed E-state index contributed by atoms with van der Waals surface area (Å²) in [4.78, 5) is 33.6. The number of hydrogen-bond acceptors (Lipinski definition) is 4. The van der Waals surface area contributed by atoms with Gasteiger partial charge in [-0.3, -0.25) is 14.2 Å². The minimum atomic E-state index is -0.320. The lowest BCUT2D eigenvalue weighted by molar-refractivity contribution is 0.0951. The number of hydrogen-bond donors (Lipinski definition) is 1. The molecule has 0 aliphatic heterocycles. The van der Waals surface area contributed by atoms with Crippen LogP contribution in [0.15, 0.2) is 71.7 Å². The van der Waals surface area contributed by atoms with E-state index in [9.17, 15) is 14.0 Å². The van der Waals surface area contributed by atoms with Crippen molar-refractivity contribution in [3.8, 4) is 11.3 Å². The number of pyridine rings is 1. The number of amides is 1. The maximum Gasteiger partial charge on any atom is 0.278 e. The summed E-state index contributed by atoms with van der Waals surface area (Å²) in [6.45, 7) is 0.292. The zero-order chi connectivity index (χ0) is 20.4. The lowest BCUT2D eigenvalue weighted by atomic mass is 10.1. The van der Waals surface area contributed by atoms with Crippen molar-refractivity contribution in [2.45, 2.75) is 6.54 Å². The molecular formula is C22H17FN4O2. The second-order valence-corrected chi connectivity index (χ2v) is 6.56. The molecule has 0 bridgehead atoms. The number of nitrogens with one attached hydrogen (secondary N) is 1. The second-order valence-electron chi connectivity index (χ2n) is 6.56. The number of fused-ring (bicyclic) bond motifs is 1. The van der Waals surface area contributed by atoms with Crippen molar-refractivity contribution in [2.75, 3.05) is 0 Å². The SMILES string of the molecule is Cn1c(=O)c(-c2ccc(C(=O)NCc3ccc(F)cc3)cc2)nc2cccnc21. The molecule has 0 atom stereocenters. The van der Waals surface area contributed by atoms with Gasteiger partial charge in [0, 0.05) is 30.9 Å². The summed E-state index contributed by atoms with van der Waals surface area (Å²) < 4.78 is 14.4. The third kappa shape index (κ3) is 3.75. The molecule has 0 unspecified atom stereocenters. The van der Waals surface area contributed by atoms with Gasteiger partial charge in [-0.05, 0) is 42.0 Å². The van der Waals surface area contributed by atoms with Crippen LogP contribution in [0.1, 0.15) is 15.9 Å². The highest BCUT2D eigenvalue weighted by Gasteiger charge is 2.12. The van der Waals surface area contributed by atoms with Crippen LogP contribution in [0.3, 0.4) is 0 Å². The molecule has 4 aromatic rings. The van der Waals surface area contributed by atoms with Crippen LogP contribution in [-0.4, -0.2) is 20.4 Å². The molecule has 0 spiro atoms. The first kappa shape index (κ1) is 18.5. The summed E-state index contributed by atoms with van der Waals surface area (Å²) in [5.41, 5.74) is 3.04.